The quantitative estimate of drug-likeness (QED) is 0.269. The second-order valence-electron chi connectivity index (χ2n) is 6.10. The fourth-order valence-electron chi connectivity index (χ4n) is 2.67. The van der Waals surface area contributed by atoms with Crippen LogP contribution in [0.15, 0.2) is 35.9 Å². The normalized spacial score (nSPS) is 10.7. The Morgan fingerprint density at radius 2 is 2.00 bits per heavy atom. The highest BCUT2D eigenvalue weighted by Crippen LogP contribution is 2.36. The summed E-state index contributed by atoms with van der Waals surface area (Å²) >= 11 is 0. The fraction of sp³-hybridized carbons (Fsp3) is 0.238. The number of carbonyl (C=O) groups excluding carboxylic acids is 1. The average Bonchev–Trinajstić information content (AvgIpc) is 2.77. The van der Waals surface area contributed by atoms with Crippen LogP contribution in [0.5, 0.6) is 23.0 Å². The van der Waals surface area contributed by atoms with Crippen molar-refractivity contribution >= 4 is 17.7 Å². The molecule has 2 N–H and O–H groups in total. The second kappa shape index (κ2) is 10.5. The molecule has 0 fully saturated rings. The fourth-order valence-corrected chi connectivity index (χ4v) is 2.67. The first-order valence-corrected chi connectivity index (χ1v) is 9.09. The van der Waals surface area contributed by atoms with Gasteiger partial charge in [-0.2, -0.15) is 5.26 Å². The summed E-state index contributed by atoms with van der Waals surface area (Å²) in [5, 5.41) is 33.5. The lowest BCUT2D eigenvalue weighted by Gasteiger charge is -2.11. The summed E-state index contributed by atoms with van der Waals surface area (Å²) in [5.74, 6) is -0.201. The molecule has 0 aromatic heterocycles. The van der Waals surface area contributed by atoms with E-state index in [0.29, 0.717) is 17.1 Å². The first-order chi connectivity index (χ1) is 14.8. The Kier molecular flexibility index (Phi) is 7.80. The number of hydrogen-bond donors (Lipinski definition) is 2. The Morgan fingerprint density at radius 3 is 2.58 bits per heavy atom. The predicted molar refractivity (Wildman–Crippen MR) is 111 cm³/mol. The summed E-state index contributed by atoms with van der Waals surface area (Å²) in [6.45, 7) is 1.86. The van der Waals surface area contributed by atoms with Gasteiger partial charge in [-0.05, 0) is 25.1 Å². The van der Waals surface area contributed by atoms with Crippen molar-refractivity contribution in [2.45, 2.75) is 13.5 Å². The minimum absolute atomic E-state index is 0.0517. The number of nitriles is 1. The number of aromatic hydroxyl groups is 1. The van der Waals surface area contributed by atoms with Crippen LogP contribution in [0.2, 0.25) is 0 Å². The molecule has 0 saturated heterocycles. The number of methoxy groups -OCH3 is 2. The van der Waals surface area contributed by atoms with Crippen LogP contribution in [-0.4, -0.2) is 36.8 Å². The zero-order valence-electron chi connectivity index (χ0n) is 17.2. The van der Waals surface area contributed by atoms with E-state index >= 15 is 0 Å². The van der Waals surface area contributed by atoms with Gasteiger partial charge in [0.15, 0.2) is 11.5 Å². The van der Waals surface area contributed by atoms with Crippen molar-refractivity contribution in [3.63, 3.8) is 0 Å². The van der Waals surface area contributed by atoms with Crippen LogP contribution in [0.1, 0.15) is 18.1 Å². The first kappa shape index (κ1) is 23.0. The predicted octanol–water partition coefficient (Wildman–Crippen LogP) is 2.94. The summed E-state index contributed by atoms with van der Waals surface area (Å²) in [4.78, 5) is 23.0. The van der Waals surface area contributed by atoms with Gasteiger partial charge >= 0.3 is 0 Å². The number of non-ortho nitro benzene ring substituents is 1. The average molecular weight is 427 g/mol. The number of benzene rings is 2. The molecule has 2 rings (SSSR count). The first-order valence-electron chi connectivity index (χ1n) is 9.09. The summed E-state index contributed by atoms with van der Waals surface area (Å²) in [7, 11) is 2.99. The van der Waals surface area contributed by atoms with E-state index in [1.807, 2.05) is 0 Å². The molecule has 2 aromatic carbocycles. The van der Waals surface area contributed by atoms with Crippen molar-refractivity contribution in [1.82, 2.24) is 5.32 Å². The van der Waals surface area contributed by atoms with E-state index in [0.717, 1.165) is 18.2 Å². The summed E-state index contributed by atoms with van der Waals surface area (Å²) in [6.07, 6.45) is 1.06. The zero-order chi connectivity index (χ0) is 23.0. The van der Waals surface area contributed by atoms with Crippen molar-refractivity contribution in [1.29, 1.82) is 5.26 Å². The van der Waals surface area contributed by atoms with Gasteiger partial charge in [0.2, 0.25) is 0 Å². The number of nitrogens with one attached hydrogen (secondary N) is 1. The highest BCUT2D eigenvalue weighted by molar-refractivity contribution is 6.02. The Hall–Kier alpha value is -4.26. The van der Waals surface area contributed by atoms with Gasteiger partial charge in [0.1, 0.15) is 23.1 Å². The van der Waals surface area contributed by atoms with E-state index in [1.165, 1.54) is 14.2 Å². The summed E-state index contributed by atoms with van der Waals surface area (Å²) in [6, 6.07) is 8.91. The monoisotopic (exact) mass is 427 g/mol. The SMILES string of the molecule is CCOc1cc([N+](=O)[O-])cc(/C=C(\C#N)C(=O)NCc2ccc(OC)cc2OC)c1O. The van der Waals surface area contributed by atoms with Gasteiger partial charge < -0.3 is 24.6 Å². The molecule has 10 heteroatoms. The molecule has 0 bridgehead atoms. The van der Waals surface area contributed by atoms with Crippen LogP contribution >= 0.6 is 0 Å². The number of phenols is 1. The summed E-state index contributed by atoms with van der Waals surface area (Å²) < 4.78 is 15.6. The van der Waals surface area contributed by atoms with E-state index in [9.17, 15) is 25.3 Å². The number of nitro groups is 1. The van der Waals surface area contributed by atoms with Crippen LogP contribution in [-0.2, 0) is 11.3 Å². The zero-order valence-corrected chi connectivity index (χ0v) is 17.2. The third-order valence-corrected chi connectivity index (χ3v) is 4.20. The molecule has 0 atom stereocenters. The molecule has 0 aliphatic rings. The van der Waals surface area contributed by atoms with Crippen molar-refractivity contribution in [3.8, 4) is 29.1 Å². The van der Waals surface area contributed by atoms with Crippen LogP contribution in [0.3, 0.4) is 0 Å². The molecule has 31 heavy (non-hydrogen) atoms. The molecule has 1 amide bonds. The van der Waals surface area contributed by atoms with Crippen molar-refractivity contribution in [3.05, 3.63) is 57.1 Å². The Balaban J connectivity index is 2.31. The number of amides is 1. The van der Waals surface area contributed by atoms with Gasteiger partial charge in [0.25, 0.3) is 11.6 Å². The van der Waals surface area contributed by atoms with Crippen LogP contribution in [0.4, 0.5) is 5.69 Å². The molecule has 0 aliphatic carbocycles. The highest BCUT2D eigenvalue weighted by Gasteiger charge is 2.18. The summed E-state index contributed by atoms with van der Waals surface area (Å²) in [5.41, 5.74) is -0.156. The number of nitro benzene ring substituents is 1. The lowest BCUT2D eigenvalue weighted by molar-refractivity contribution is -0.385. The lowest BCUT2D eigenvalue weighted by Crippen LogP contribution is -2.24. The topological polar surface area (TPSA) is 144 Å². The molecule has 2 aromatic rings. The molecular weight excluding hydrogens is 406 g/mol. The Morgan fingerprint density at radius 1 is 1.26 bits per heavy atom. The van der Waals surface area contributed by atoms with Gasteiger partial charge in [0, 0.05) is 29.8 Å². The van der Waals surface area contributed by atoms with Gasteiger partial charge in [0.05, 0.1) is 31.8 Å². The second-order valence-corrected chi connectivity index (χ2v) is 6.10. The Bertz CT molecular complexity index is 1060. The number of carbonyl (C=O) groups is 1. The number of rotatable bonds is 9. The van der Waals surface area contributed by atoms with E-state index in [-0.39, 0.29) is 35.7 Å². The molecule has 0 saturated carbocycles. The molecule has 10 nitrogen and oxygen atoms in total. The third-order valence-electron chi connectivity index (χ3n) is 4.20. The maximum atomic E-state index is 12.5. The number of ether oxygens (including phenoxy) is 3. The molecular formula is C21H21N3O7. The van der Waals surface area contributed by atoms with Gasteiger partial charge in [-0.3, -0.25) is 14.9 Å². The molecule has 0 radical (unpaired) electrons. The van der Waals surface area contributed by atoms with Gasteiger partial charge in [-0.1, -0.05) is 0 Å². The third kappa shape index (κ3) is 5.63. The van der Waals surface area contributed by atoms with Crippen LogP contribution in [0.25, 0.3) is 6.08 Å². The van der Waals surface area contributed by atoms with Crippen molar-refractivity contribution in [2.75, 3.05) is 20.8 Å². The van der Waals surface area contributed by atoms with E-state index in [4.69, 9.17) is 14.2 Å². The van der Waals surface area contributed by atoms with Crippen molar-refractivity contribution in [2.24, 2.45) is 0 Å². The van der Waals surface area contributed by atoms with Crippen LogP contribution in [0, 0.1) is 21.4 Å². The molecule has 0 heterocycles. The van der Waals surface area contributed by atoms with Gasteiger partial charge in [-0.25, -0.2) is 0 Å². The van der Waals surface area contributed by atoms with E-state index in [1.54, 1.807) is 31.2 Å². The number of hydrogen-bond acceptors (Lipinski definition) is 8. The maximum absolute atomic E-state index is 12.5. The van der Waals surface area contributed by atoms with E-state index < -0.39 is 16.6 Å². The molecule has 0 spiro atoms. The number of phenolic OH excluding ortho intramolecular Hbond substituents is 1. The van der Waals surface area contributed by atoms with Crippen LogP contribution < -0.4 is 19.5 Å². The lowest BCUT2D eigenvalue weighted by atomic mass is 10.1. The van der Waals surface area contributed by atoms with Crippen molar-refractivity contribution < 1.29 is 29.0 Å². The molecule has 0 aliphatic heterocycles. The van der Waals surface area contributed by atoms with E-state index in [2.05, 4.69) is 5.32 Å². The Labute approximate surface area is 178 Å². The highest BCUT2D eigenvalue weighted by atomic mass is 16.6. The largest absolute Gasteiger partial charge is 0.504 e. The minimum Gasteiger partial charge on any atom is -0.504 e. The van der Waals surface area contributed by atoms with Gasteiger partial charge in [-0.15, -0.1) is 0 Å². The smallest absolute Gasteiger partial charge is 0.274 e. The molecule has 162 valence electrons. The standard InChI is InChI=1S/C21H21N3O7/c1-4-31-19-9-16(24(27)28)8-14(20(19)25)7-15(11-22)21(26)23-12-13-5-6-17(29-2)10-18(13)30-3/h5-10,25H,4,12H2,1-3H3,(H,23,26)/b15-7+. The maximum Gasteiger partial charge on any atom is 0.274 e. The molecule has 0 unspecified atom stereocenters. The minimum atomic E-state index is -0.732. The number of nitrogens with zero attached hydrogens (tertiary/aromatic N) is 2.